The average molecular weight is 601 g/mol. The zero-order valence-electron chi connectivity index (χ0n) is 25.8. The van der Waals surface area contributed by atoms with Gasteiger partial charge in [0.05, 0.1) is 25.0 Å². The van der Waals surface area contributed by atoms with E-state index in [0.717, 1.165) is 52.4 Å². The lowest BCUT2D eigenvalue weighted by Gasteiger charge is -2.30. The molecule has 4 aromatic rings. The SMILES string of the molecule is COc1cc2c(cc1-c1cccnc1)-c1c(-c3cccs3)c3c(n1CC2)CON(C(C)C)CCN(C(=O)OC(C)(C)C)C3. The topological polar surface area (TPSA) is 69.1 Å². The zero-order valence-corrected chi connectivity index (χ0v) is 26.7. The Kier molecular flexibility index (Phi) is 8.06. The third-order valence-corrected chi connectivity index (χ3v) is 8.93. The van der Waals surface area contributed by atoms with Crippen LogP contribution in [-0.4, -0.2) is 57.4 Å². The van der Waals surface area contributed by atoms with E-state index in [1.54, 1.807) is 24.6 Å². The summed E-state index contributed by atoms with van der Waals surface area (Å²) < 4.78 is 14.2. The fourth-order valence-corrected chi connectivity index (χ4v) is 6.85. The molecule has 8 nitrogen and oxygen atoms in total. The van der Waals surface area contributed by atoms with Crippen molar-refractivity contribution >= 4 is 17.4 Å². The minimum Gasteiger partial charge on any atom is -0.496 e. The maximum atomic E-state index is 13.6. The van der Waals surface area contributed by atoms with E-state index in [2.05, 4.69) is 59.1 Å². The number of nitrogens with zero attached hydrogens (tertiary/aromatic N) is 4. The van der Waals surface area contributed by atoms with Gasteiger partial charge >= 0.3 is 6.09 Å². The van der Waals surface area contributed by atoms with Crippen molar-refractivity contribution in [1.82, 2.24) is 19.5 Å². The highest BCUT2D eigenvalue weighted by atomic mass is 32.1. The molecule has 0 saturated heterocycles. The van der Waals surface area contributed by atoms with E-state index in [1.807, 2.05) is 43.0 Å². The Hall–Kier alpha value is -3.66. The highest BCUT2D eigenvalue weighted by Gasteiger charge is 2.34. The van der Waals surface area contributed by atoms with E-state index in [-0.39, 0.29) is 12.1 Å². The standard InChI is InChI=1S/C34H40N4O4S/c1-22(2)38-15-14-36(33(39)42-34(3,4)5)20-27-28(21-41-38)37-13-11-23-17-29(40-6)25(24-9-7-12-35-19-24)18-26(23)32(37)31(27)30-10-8-16-43-30/h7-10,12,16-19,22H,11,13-15,20-21H2,1-6H3. The fraction of sp³-hybridized carbons (Fsp3) is 0.412. The van der Waals surface area contributed by atoms with Crippen molar-refractivity contribution in [3.05, 3.63) is 71.0 Å². The Morgan fingerprint density at radius 2 is 1.93 bits per heavy atom. The largest absolute Gasteiger partial charge is 0.496 e. The maximum absolute atomic E-state index is 13.6. The number of thiophene rings is 1. The molecule has 0 unspecified atom stereocenters. The third-order valence-electron chi connectivity index (χ3n) is 8.04. The van der Waals surface area contributed by atoms with Crippen molar-refractivity contribution in [2.75, 3.05) is 20.2 Å². The van der Waals surface area contributed by atoms with Crippen LogP contribution in [0.2, 0.25) is 0 Å². The zero-order chi connectivity index (χ0) is 30.3. The quantitative estimate of drug-likeness (QED) is 0.243. The second kappa shape index (κ2) is 11.8. The molecule has 0 aliphatic carbocycles. The van der Waals surface area contributed by atoms with Crippen LogP contribution in [0.15, 0.2) is 54.2 Å². The molecule has 5 heterocycles. The van der Waals surface area contributed by atoms with Gasteiger partial charge in [0, 0.05) is 70.8 Å². The number of benzene rings is 1. The van der Waals surface area contributed by atoms with Gasteiger partial charge in [-0.2, -0.15) is 5.06 Å². The number of hydrogen-bond donors (Lipinski definition) is 0. The first-order valence-corrected chi connectivity index (χ1v) is 15.8. The normalized spacial score (nSPS) is 15.7. The summed E-state index contributed by atoms with van der Waals surface area (Å²) in [4.78, 5) is 27.5. The van der Waals surface area contributed by atoms with Gasteiger partial charge in [-0.1, -0.05) is 12.1 Å². The smallest absolute Gasteiger partial charge is 0.410 e. The van der Waals surface area contributed by atoms with Crippen molar-refractivity contribution in [3.8, 4) is 38.6 Å². The lowest BCUT2D eigenvalue weighted by Crippen LogP contribution is -2.42. The summed E-state index contributed by atoms with van der Waals surface area (Å²) >= 11 is 1.72. The molecule has 226 valence electrons. The van der Waals surface area contributed by atoms with Crippen molar-refractivity contribution in [3.63, 3.8) is 0 Å². The molecular formula is C34H40N4O4S. The van der Waals surface area contributed by atoms with Gasteiger partial charge < -0.3 is 18.9 Å². The number of ether oxygens (including phenoxy) is 2. The van der Waals surface area contributed by atoms with Gasteiger partial charge in [-0.15, -0.1) is 11.3 Å². The number of hydroxylamine groups is 2. The summed E-state index contributed by atoms with van der Waals surface area (Å²) in [7, 11) is 1.72. The van der Waals surface area contributed by atoms with Crippen LogP contribution in [0.5, 0.6) is 5.75 Å². The second-order valence-corrected chi connectivity index (χ2v) is 13.3. The molecule has 0 N–H and O–H groups in total. The van der Waals surface area contributed by atoms with Gasteiger partial charge in [0.1, 0.15) is 18.0 Å². The summed E-state index contributed by atoms with van der Waals surface area (Å²) in [5.74, 6) is 0.839. The molecule has 3 aromatic heterocycles. The van der Waals surface area contributed by atoms with E-state index in [4.69, 9.17) is 14.3 Å². The minimum atomic E-state index is -0.593. The number of pyridine rings is 1. The molecular weight excluding hydrogens is 560 g/mol. The molecule has 2 aliphatic rings. The number of aryl methyl sites for hydroxylation is 1. The highest BCUT2D eigenvalue weighted by molar-refractivity contribution is 7.13. The maximum Gasteiger partial charge on any atom is 0.410 e. The first kappa shape index (κ1) is 29.4. The Morgan fingerprint density at radius 3 is 2.60 bits per heavy atom. The predicted molar refractivity (Wildman–Crippen MR) is 170 cm³/mol. The summed E-state index contributed by atoms with van der Waals surface area (Å²) in [5.41, 5.74) is 8.35. The summed E-state index contributed by atoms with van der Waals surface area (Å²) in [6.45, 7) is 12.7. The second-order valence-electron chi connectivity index (χ2n) is 12.4. The molecule has 6 rings (SSSR count). The van der Waals surface area contributed by atoms with Crippen molar-refractivity contribution in [1.29, 1.82) is 0 Å². The number of methoxy groups -OCH3 is 1. The van der Waals surface area contributed by atoms with Crippen LogP contribution >= 0.6 is 11.3 Å². The monoisotopic (exact) mass is 600 g/mol. The molecule has 2 aliphatic heterocycles. The van der Waals surface area contributed by atoms with Crippen molar-refractivity contribution in [2.45, 2.75) is 72.4 Å². The van der Waals surface area contributed by atoms with Crippen LogP contribution in [0.4, 0.5) is 4.79 Å². The minimum absolute atomic E-state index is 0.157. The molecule has 0 spiro atoms. The Balaban J connectivity index is 1.57. The van der Waals surface area contributed by atoms with E-state index >= 15 is 0 Å². The number of hydrogen-bond acceptors (Lipinski definition) is 7. The number of fused-ring (bicyclic) bond motifs is 5. The lowest BCUT2D eigenvalue weighted by molar-refractivity contribution is -0.191. The summed E-state index contributed by atoms with van der Waals surface area (Å²) in [6, 6.07) is 12.9. The predicted octanol–water partition coefficient (Wildman–Crippen LogP) is 7.40. The molecule has 9 heteroatoms. The molecule has 0 bridgehead atoms. The Bertz CT molecular complexity index is 1610. The summed E-state index contributed by atoms with van der Waals surface area (Å²) in [5, 5.41) is 4.10. The number of carbonyl (C=O) groups is 1. The van der Waals surface area contributed by atoms with Crippen LogP contribution in [0.1, 0.15) is 51.4 Å². The molecule has 0 radical (unpaired) electrons. The number of amides is 1. The Labute approximate surface area is 257 Å². The molecule has 1 aromatic carbocycles. The van der Waals surface area contributed by atoms with Crippen LogP contribution in [0, 0.1) is 0 Å². The van der Waals surface area contributed by atoms with Crippen molar-refractivity contribution < 1.29 is 19.1 Å². The first-order valence-electron chi connectivity index (χ1n) is 14.9. The molecule has 43 heavy (non-hydrogen) atoms. The highest BCUT2D eigenvalue weighted by Crippen LogP contribution is 2.48. The van der Waals surface area contributed by atoms with Gasteiger partial charge in [0.15, 0.2) is 0 Å². The van der Waals surface area contributed by atoms with Gasteiger partial charge in [0.25, 0.3) is 0 Å². The van der Waals surface area contributed by atoms with Crippen molar-refractivity contribution in [2.24, 2.45) is 0 Å². The number of rotatable bonds is 4. The molecule has 0 fully saturated rings. The first-order chi connectivity index (χ1) is 20.6. The van der Waals surface area contributed by atoms with Gasteiger partial charge in [-0.25, -0.2) is 4.79 Å². The number of aromatic nitrogens is 2. The fourth-order valence-electron chi connectivity index (χ4n) is 6.05. The van der Waals surface area contributed by atoms with E-state index < -0.39 is 5.60 Å². The molecule has 0 saturated carbocycles. The van der Waals surface area contributed by atoms with E-state index in [0.29, 0.717) is 26.2 Å². The van der Waals surface area contributed by atoms with Gasteiger partial charge in [-0.05, 0) is 76.2 Å². The average Bonchev–Trinajstić information content (AvgIpc) is 3.62. The van der Waals surface area contributed by atoms with E-state index in [1.165, 1.54) is 16.0 Å². The summed E-state index contributed by atoms with van der Waals surface area (Å²) in [6.07, 6.45) is 4.21. The number of carbonyl (C=O) groups excluding carboxylic acids is 1. The third kappa shape index (κ3) is 5.81. The van der Waals surface area contributed by atoms with Crippen LogP contribution in [0.3, 0.4) is 0 Å². The molecule has 1 amide bonds. The van der Waals surface area contributed by atoms with Crippen LogP contribution < -0.4 is 4.74 Å². The van der Waals surface area contributed by atoms with Crippen LogP contribution in [0.25, 0.3) is 32.8 Å². The van der Waals surface area contributed by atoms with Gasteiger partial charge in [-0.3, -0.25) is 9.82 Å². The molecule has 0 atom stereocenters. The van der Waals surface area contributed by atoms with Crippen LogP contribution in [-0.2, 0) is 35.7 Å². The van der Waals surface area contributed by atoms with E-state index in [9.17, 15) is 4.79 Å². The Morgan fingerprint density at radius 1 is 1.09 bits per heavy atom. The van der Waals surface area contributed by atoms with Gasteiger partial charge in [0.2, 0.25) is 0 Å². The lowest BCUT2D eigenvalue weighted by atomic mass is 9.91.